The molecule has 1 N–H and O–H groups in total. The molecule has 0 aliphatic carbocycles. The van der Waals surface area contributed by atoms with E-state index in [4.69, 9.17) is 0 Å². The Morgan fingerprint density at radius 1 is 1.56 bits per heavy atom. The number of rotatable bonds is 1. The summed E-state index contributed by atoms with van der Waals surface area (Å²) in [4.78, 5) is 4.18. The Balaban J connectivity index is 2.25. The molecule has 0 radical (unpaired) electrons. The predicted octanol–water partition coefficient (Wildman–Crippen LogP) is 2.18. The van der Waals surface area contributed by atoms with Crippen molar-refractivity contribution in [3.05, 3.63) is 17.7 Å². The van der Waals surface area contributed by atoms with Crippen LogP contribution >= 0.6 is 0 Å². The molecule has 1 aliphatic heterocycles. The zero-order valence-electron chi connectivity index (χ0n) is 9.01. The van der Waals surface area contributed by atoms with Crippen LogP contribution < -0.4 is 5.32 Å². The van der Waals surface area contributed by atoms with E-state index in [-0.39, 0.29) is 0 Å². The number of hydrogen-bond acceptors (Lipinski definition) is 2. The molecule has 0 saturated heterocycles. The van der Waals surface area contributed by atoms with Crippen molar-refractivity contribution in [2.75, 3.05) is 6.54 Å². The van der Waals surface area contributed by atoms with Crippen LogP contribution in [0.4, 0.5) is 13.2 Å². The van der Waals surface area contributed by atoms with Crippen molar-refractivity contribution in [1.82, 2.24) is 14.9 Å². The Kier molecular flexibility index (Phi) is 2.92. The number of nitrogens with one attached hydrogen (secondary N) is 1. The topological polar surface area (TPSA) is 29.9 Å². The first-order valence-electron chi connectivity index (χ1n) is 5.29. The van der Waals surface area contributed by atoms with E-state index in [1.807, 2.05) is 10.8 Å². The van der Waals surface area contributed by atoms with Gasteiger partial charge >= 0.3 is 6.18 Å². The molecule has 0 bridgehead atoms. The Hall–Kier alpha value is -1.04. The van der Waals surface area contributed by atoms with Crippen LogP contribution in [-0.2, 0) is 6.54 Å². The lowest BCUT2D eigenvalue weighted by atomic mass is 10.2. The maximum Gasteiger partial charge on any atom is 0.391 e. The van der Waals surface area contributed by atoms with Gasteiger partial charge in [0.05, 0.1) is 18.2 Å². The van der Waals surface area contributed by atoms with E-state index in [1.165, 1.54) is 0 Å². The van der Waals surface area contributed by atoms with Gasteiger partial charge in [-0.25, -0.2) is 4.98 Å². The van der Waals surface area contributed by atoms with E-state index < -0.39 is 18.6 Å². The normalized spacial score (nSPS) is 21.6. The molecule has 0 saturated carbocycles. The lowest BCUT2D eigenvalue weighted by Gasteiger charge is -2.17. The molecule has 1 atom stereocenters. The standard InChI is InChI=1S/C10H14F3N3/c1-7-6-16-4-2-3-14-8(9(16)15-7)5-10(11,12)13/h6,8,14H,2-5H2,1H3. The molecule has 0 aromatic carbocycles. The Morgan fingerprint density at radius 3 is 3.00 bits per heavy atom. The third kappa shape index (κ3) is 2.55. The van der Waals surface area contributed by atoms with Crippen LogP contribution in [0.25, 0.3) is 0 Å². The first-order chi connectivity index (χ1) is 7.46. The number of imidazole rings is 1. The summed E-state index contributed by atoms with van der Waals surface area (Å²) in [5.74, 6) is 0.507. The van der Waals surface area contributed by atoms with Crippen molar-refractivity contribution in [3.63, 3.8) is 0 Å². The summed E-state index contributed by atoms with van der Waals surface area (Å²) >= 11 is 0. The fourth-order valence-corrected chi connectivity index (χ4v) is 2.03. The van der Waals surface area contributed by atoms with Gasteiger partial charge in [-0.2, -0.15) is 13.2 Å². The van der Waals surface area contributed by atoms with E-state index in [0.29, 0.717) is 12.4 Å². The van der Waals surface area contributed by atoms with Crippen LogP contribution in [-0.4, -0.2) is 22.3 Å². The van der Waals surface area contributed by atoms with Crippen molar-refractivity contribution in [2.45, 2.75) is 38.5 Å². The number of nitrogens with zero attached hydrogens (tertiary/aromatic N) is 2. The molecule has 1 aromatic heterocycles. The highest BCUT2D eigenvalue weighted by Gasteiger charge is 2.35. The lowest BCUT2D eigenvalue weighted by molar-refractivity contribution is -0.140. The molecule has 1 aromatic rings. The van der Waals surface area contributed by atoms with E-state index in [9.17, 15) is 13.2 Å². The van der Waals surface area contributed by atoms with E-state index in [0.717, 1.165) is 18.7 Å². The average molecular weight is 233 g/mol. The highest BCUT2D eigenvalue weighted by molar-refractivity contribution is 5.08. The number of halogens is 3. The second-order valence-electron chi connectivity index (χ2n) is 4.11. The summed E-state index contributed by atoms with van der Waals surface area (Å²) in [6.07, 6.45) is -2.38. The average Bonchev–Trinajstić information content (AvgIpc) is 2.42. The minimum Gasteiger partial charge on any atom is -0.333 e. The van der Waals surface area contributed by atoms with Gasteiger partial charge in [0.15, 0.2) is 0 Å². The van der Waals surface area contributed by atoms with Crippen molar-refractivity contribution in [1.29, 1.82) is 0 Å². The predicted molar refractivity (Wildman–Crippen MR) is 53.0 cm³/mol. The summed E-state index contributed by atoms with van der Waals surface area (Å²) in [5.41, 5.74) is 0.769. The molecule has 1 aliphatic rings. The van der Waals surface area contributed by atoms with Crippen molar-refractivity contribution >= 4 is 0 Å². The third-order valence-electron chi connectivity index (χ3n) is 2.64. The first kappa shape index (κ1) is 11.4. The van der Waals surface area contributed by atoms with Gasteiger partial charge in [-0.05, 0) is 19.9 Å². The van der Waals surface area contributed by atoms with E-state index in [1.54, 1.807) is 6.92 Å². The first-order valence-corrected chi connectivity index (χ1v) is 5.29. The summed E-state index contributed by atoms with van der Waals surface area (Å²) in [7, 11) is 0. The number of aromatic nitrogens is 2. The maximum absolute atomic E-state index is 12.4. The summed E-state index contributed by atoms with van der Waals surface area (Å²) in [6.45, 7) is 3.13. The van der Waals surface area contributed by atoms with Crippen LogP contribution in [0.1, 0.15) is 30.4 Å². The molecular weight excluding hydrogens is 219 g/mol. The Bertz CT molecular complexity index is 370. The highest BCUT2D eigenvalue weighted by atomic mass is 19.4. The zero-order valence-corrected chi connectivity index (χ0v) is 9.01. The van der Waals surface area contributed by atoms with Crippen molar-refractivity contribution < 1.29 is 13.2 Å². The van der Waals surface area contributed by atoms with Crippen LogP contribution in [0.5, 0.6) is 0 Å². The van der Waals surface area contributed by atoms with Gasteiger partial charge in [0, 0.05) is 12.7 Å². The van der Waals surface area contributed by atoms with Crippen molar-refractivity contribution in [2.24, 2.45) is 0 Å². The molecule has 1 unspecified atom stereocenters. The molecular formula is C10H14F3N3. The summed E-state index contributed by atoms with van der Waals surface area (Å²) in [6, 6.07) is -0.712. The van der Waals surface area contributed by atoms with Gasteiger partial charge < -0.3 is 9.88 Å². The monoisotopic (exact) mass is 233 g/mol. The minimum absolute atomic E-state index is 0.507. The Morgan fingerprint density at radius 2 is 2.31 bits per heavy atom. The molecule has 0 amide bonds. The zero-order chi connectivity index (χ0) is 11.8. The smallest absolute Gasteiger partial charge is 0.333 e. The molecule has 2 heterocycles. The molecule has 2 rings (SSSR count). The van der Waals surface area contributed by atoms with Gasteiger partial charge in [0.25, 0.3) is 0 Å². The fraction of sp³-hybridized carbons (Fsp3) is 0.700. The number of aryl methyl sites for hydroxylation is 2. The highest BCUT2D eigenvalue weighted by Crippen LogP contribution is 2.30. The molecule has 0 spiro atoms. The lowest BCUT2D eigenvalue weighted by Crippen LogP contribution is -2.27. The van der Waals surface area contributed by atoms with Gasteiger partial charge in [-0.15, -0.1) is 0 Å². The van der Waals surface area contributed by atoms with Crippen LogP contribution in [0.3, 0.4) is 0 Å². The second-order valence-corrected chi connectivity index (χ2v) is 4.11. The van der Waals surface area contributed by atoms with E-state index in [2.05, 4.69) is 10.3 Å². The van der Waals surface area contributed by atoms with E-state index >= 15 is 0 Å². The van der Waals surface area contributed by atoms with Gasteiger partial charge in [-0.1, -0.05) is 0 Å². The third-order valence-corrected chi connectivity index (χ3v) is 2.64. The summed E-state index contributed by atoms with van der Waals surface area (Å²) < 4.78 is 39.0. The molecule has 0 fully saturated rings. The maximum atomic E-state index is 12.4. The van der Waals surface area contributed by atoms with Gasteiger partial charge in [0.1, 0.15) is 5.82 Å². The van der Waals surface area contributed by atoms with Crippen LogP contribution in [0, 0.1) is 6.92 Å². The van der Waals surface area contributed by atoms with Crippen molar-refractivity contribution in [3.8, 4) is 0 Å². The number of hydrogen-bond donors (Lipinski definition) is 1. The molecule has 3 nitrogen and oxygen atoms in total. The fourth-order valence-electron chi connectivity index (χ4n) is 2.03. The van der Waals surface area contributed by atoms with Gasteiger partial charge in [0.2, 0.25) is 0 Å². The minimum atomic E-state index is -4.16. The quantitative estimate of drug-likeness (QED) is 0.805. The summed E-state index contributed by atoms with van der Waals surface area (Å²) in [5, 5.41) is 2.90. The largest absolute Gasteiger partial charge is 0.391 e. The SMILES string of the molecule is Cc1cn2c(n1)C(CC(F)(F)F)NCCC2. The number of fused-ring (bicyclic) bond motifs is 1. The second kappa shape index (κ2) is 4.08. The number of alkyl halides is 3. The van der Waals surface area contributed by atoms with Crippen LogP contribution in [0.15, 0.2) is 6.20 Å². The molecule has 6 heteroatoms. The Labute approximate surface area is 91.7 Å². The molecule has 90 valence electrons. The van der Waals surface area contributed by atoms with Gasteiger partial charge in [-0.3, -0.25) is 0 Å². The van der Waals surface area contributed by atoms with Crippen LogP contribution in [0.2, 0.25) is 0 Å². The molecule has 16 heavy (non-hydrogen) atoms.